The van der Waals surface area contributed by atoms with Crippen LogP contribution < -0.4 is 0 Å². The lowest BCUT2D eigenvalue weighted by atomic mass is 9.98. The van der Waals surface area contributed by atoms with Crippen LogP contribution in [0.25, 0.3) is 0 Å². The standard InChI is InChI=1S/C49H92O8/c1-5-7-9-11-13-15-17-19-21-23-25-30-34-38-46(50)55-41-45(57-48(52)40-43(3)36-32-28-27-29-33-37-44(4)49(53)54)42-56-47(51)39-35-31-26-24-22-20-18-16-14-12-10-8-6-2/h43-45H,5-42H2,1-4H3,(H,53,54). The summed E-state index contributed by atoms with van der Waals surface area (Å²) in [5.41, 5.74) is 0. The molecule has 0 aromatic carbocycles. The van der Waals surface area contributed by atoms with Crippen LogP contribution in [0.2, 0.25) is 0 Å². The zero-order valence-electron chi connectivity index (χ0n) is 37.9. The lowest BCUT2D eigenvalue weighted by molar-refractivity contribution is -0.167. The summed E-state index contributed by atoms with van der Waals surface area (Å²) in [7, 11) is 0. The Balaban J connectivity index is 4.46. The van der Waals surface area contributed by atoms with Crippen LogP contribution in [0, 0.1) is 11.8 Å². The average molecular weight is 809 g/mol. The Kier molecular flexibility index (Phi) is 40.5. The summed E-state index contributed by atoms with van der Waals surface area (Å²) in [5.74, 6) is -1.85. The van der Waals surface area contributed by atoms with Crippen molar-refractivity contribution in [3.8, 4) is 0 Å². The Labute approximate surface area is 351 Å². The molecular formula is C49H92O8. The fraction of sp³-hybridized carbons (Fsp3) is 0.918. The molecule has 0 aromatic heterocycles. The van der Waals surface area contributed by atoms with E-state index in [0.29, 0.717) is 19.3 Å². The van der Waals surface area contributed by atoms with Crippen LogP contribution in [0.1, 0.15) is 259 Å². The number of aliphatic carboxylic acids is 1. The zero-order chi connectivity index (χ0) is 42.0. The van der Waals surface area contributed by atoms with E-state index in [0.717, 1.165) is 77.0 Å². The molecule has 0 aliphatic carbocycles. The highest BCUT2D eigenvalue weighted by molar-refractivity contribution is 5.71. The van der Waals surface area contributed by atoms with Crippen molar-refractivity contribution >= 4 is 23.9 Å². The minimum Gasteiger partial charge on any atom is -0.481 e. The number of hydrogen-bond donors (Lipinski definition) is 1. The van der Waals surface area contributed by atoms with E-state index < -0.39 is 12.1 Å². The predicted molar refractivity (Wildman–Crippen MR) is 235 cm³/mol. The van der Waals surface area contributed by atoms with Gasteiger partial charge in [-0.1, -0.05) is 220 Å². The van der Waals surface area contributed by atoms with E-state index in [4.69, 9.17) is 19.3 Å². The first-order chi connectivity index (χ1) is 27.7. The van der Waals surface area contributed by atoms with Crippen molar-refractivity contribution in [1.29, 1.82) is 0 Å². The molecule has 336 valence electrons. The molecule has 0 heterocycles. The first-order valence-electron chi connectivity index (χ1n) is 24.4. The Morgan fingerprint density at radius 1 is 0.421 bits per heavy atom. The van der Waals surface area contributed by atoms with Crippen molar-refractivity contribution in [3.05, 3.63) is 0 Å². The van der Waals surface area contributed by atoms with E-state index >= 15 is 0 Å². The third kappa shape index (κ3) is 40.4. The molecule has 1 N–H and O–H groups in total. The monoisotopic (exact) mass is 809 g/mol. The van der Waals surface area contributed by atoms with Crippen LogP contribution in [0.15, 0.2) is 0 Å². The number of unbranched alkanes of at least 4 members (excludes halogenated alkanes) is 28. The van der Waals surface area contributed by atoms with Gasteiger partial charge in [-0.25, -0.2) is 0 Å². The zero-order valence-corrected chi connectivity index (χ0v) is 37.9. The second-order valence-corrected chi connectivity index (χ2v) is 17.4. The van der Waals surface area contributed by atoms with Crippen LogP contribution in [0.3, 0.4) is 0 Å². The number of rotatable bonds is 44. The second kappa shape index (κ2) is 42.0. The van der Waals surface area contributed by atoms with E-state index in [2.05, 4.69) is 13.8 Å². The lowest BCUT2D eigenvalue weighted by Crippen LogP contribution is -2.31. The minimum absolute atomic E-state index is 0.107. The van der Waals surface area contributed by atoms with Gasteiger partial charge in [0.05, 0.1) is 5.92 Å². The Morgan fingerprint density at radius 2 is 0.737 bits per heavy atom. The van der Waals surface area contributed by atoms with Crippen molar-refractivity contribution in [3.63, 3.8) is 0 Å². The van der Waals surface area contributed by atoms with Gasteiger partial charge in [0.15, 0.2) is 6.10 Å². The number of carboxylic acid groups (broad SMARTS) is 1. The molecule has 0 bridgehead atoms. The third-order valence-electron chi connectivity index (χ3n) is 11.4. The van der Waals surface area contributed by atoms with Gasteiger partial charge in [-0.15, -0.1) is 0 Å². The Bertz CT molecular complexity index is 890. The lowest BCUT2D eigenvalue weighted by Gasteiger charge is -2.19. The number of esters is 3. The molecule has 0 spiro atoms. The van der Waals surface area contributed by atoms with Gasteiger partial charge in [-0.05, 0) is 25.2 Å². The van der Waals surface area contributed by atoms with Crippen molar-refractivity contribution in [2.24, 2.45) is 11.8 Å². The second-order valence-electron chi connectivity index (χ2n) is 17.4. The molecular weight excluding hydrogens is 717 g/mol. The highest BCUT2D eigenvalue weighted by atomic mass is 16.6. The van der Waals surface area contributed by atoms with Crippen LogP contribution in [0.4, 0.5) is 0 Å². The normalized spacial score (nSPS) is 12.4. The molecule has 0 aliphatic heterocycles. The maximum absolute atomic E-state index is 12.9. The highest BCUT2D eigenvalue weighted by Gasteiger charge is 2.21. The Morgan fingerprint density at radius 3 is 1.09 bits per heavy atom. The quantitative estimate of drug-likeness (QED) is 0.0367. The maximum atomic E-state index is 12.9. The number of carbonyl (C=O) groups is 4. The average Bonchev–Trinajstić information content (AvgIpc) is 3.18. The molecule has 0 saturated carbocycles. The summed E-state index contributed by atoms with van der Waals surface area (Å²) in [4.78, 5) is 49.1. The van der Waals surface area contributed by atoms with Crippen molar-refractivity contribution in [1.82, 2.24) is 0 Å². The van der Waals surface area contributed by atoms with E-state index in [1.807, 2.05) is 6.92 Å². The molecule has 0 saturated heterocycles. The summed E-state index contributed by atoms with van der Waals surface area (Å²) >= 11 is 0. The van der Waals surface area contributed by atoms with Gasteiger partial charge in [-0.2, -0.15) is 0 Å². The summed E-state index contributed by atoms with van der Waals surface area (Å²) < 4.78 is 16.8. The summed E-state index contributed by atoms with van der Waals surface area (Å²) in [6.45, 7) is 8.09. The topological polar surface area (TPSA) is 116 Å². The summed E-state index contributed by atoms with van der Waals surface area (Å²) in [6.07, 6.45) is 39.1. The fourth-order valence-corrected chi connectivity index (χ4v) is 7.42. The fourth-order valence-electron chi connectivity index (χ4n) is 7.42. The summed E-state index contributed by atoms with van der Waals surface area (Å²) in [5, 5.41) is 9.03. The molecule has 8 nitrogen and oxygen atoms in total. The molecule has 0 aromatic rings. The van der Waals surface area contributed by atoms with Crippen LogP contribution in [0.5, 0.6) is 0 Å². The van der Waals surface area contributed by atoms with E-state index in [1.54, 1.807) is 6.92 Å². The van der Waals surface area contributed by atoms with Crippen molar-refractivity contribution < 1.29 is 38.5 Å². The molecule has 57 heavy (non-hydrogen) atoms. The van der Waals surface area contributed by atoms with E-state index in [-0.39, 0.29) is 49.4 Å². The van der Waals surface area contributed by atoms with Gasteiger partial charge < -0.3 is 19.3 Å². The number of carboxylic acids is 1. The molecule has 0 radical (unpaired) electrons. The number of ether oxygens (including phenoxy) is 3. The van der Waals surface area contributed by atoms with Gasteiger partial charge in [0.1, 0.15) is 13.2 Å². The predicted octanol–water partition coefficient (Wildman–Crippen LogP) is 14.4. The van der Waals surface area contributed by atoms with Gasteiger partial charge in [0, 0.05) is 19.3 Å². The molecule has 8 heteroatoms. The SMILES string of the molecule is CCCCCCCCCCCCCCCC(=O)OCC(COC(=O)CCCCCCCCCCCCCCC)OC(=O)CC(C)CCCCCCCC(C)C(=O)O. The highest BCUT2D eigenvalue weighted by Crippen LogP contribution is 2.19. The van der Waals surface area contributed by atoms with Gasteiger partial charge in [0.25, 0.3) is 0 Å². The number of hydrogen-bond acceptors (Lipinski definition) is 7. The van der Waals surface area contributed by atoms with E-state index in [9.17, 15) is 19.2 Å². The number of carbonyl (C=O) groups excluding carboxylic acids is 3. The van der Waals surface area contributed by atoms with Crippen LogP contribution >= 0.6 is 0 Å². The third-order valence-corrected chi connectivity index (χ3v) is 11.4. The van der Waals surface area contributed by atoms with Crippen LogP contribution in [-0.2, 0) is 33.4 Å². The maximum Gasteiger partial charge on any atom is 0.306 e. The van der Waals surface area contributed by atoms with Crippen LogP contribution in [-0.4, -0.2) is 48.3 Å². The first-order valence-corrected chi connectivity index (χ1v) is 24.4. The molecule has 2 atom stereocenters. The summed E-state index contributed by atoms with van der Waals surface area (Å²) in [6, 6.07) is 0. The van der Waals surface area contributed by atoms with Gasteiger partial charge in [0.2, 0.25) is 0 Å². The molecule has 0 aliphatic rings. The first kappa shape index (κ1) is 54.9. The van der Waals surface area contributed by atoms with Crippen molar-refractivity contribution in [2.75, 3.05) is 13.2 Å². The van der Waals surface area contributed by atoms with E-state index in [1.165, 1.54) is 128 Å². The largest absolute Gasteiger partial charge is 0.481 e. The molecule has 0 amide bonds. The van der Waals surface area contributed by atoms with Crippen molar-refractivity contribution in [2.45, 2.75) is 265 Å². The molecule has 0 rings (SSSR count). The smallest absolute Gasteiger partial charge is 0.306 e. The van der Waals surface area contributed by atoms with Gasteiger partial charge in [-0.3, -0.25) is 19.2 Å². The minimum atomic E-state index is -0.816. The van der Waals surface area contributed by atoms with Gasteiger partial charge >= 0.3 is 23.9 Å². The molecule has 2 unspecified atom stereocenters. The Hall–Kier alpha value is -2.12. The molecule has 0 fully saturated rings.